The zero-order valence-electron chi connectivity index (χ0n) is 15.0. The first-order valence-corrected chi connectivity index (χ1v) is 9.40. The highest BCUT2D eigenvalue weighted by atomic mass is 35.5. The summed E-state index contributed by atoms with van der Waals surface area (Å²) in [5.74, 6) is -1.04. The summed E-state index contributed by atoms with van der Waals surface area (Å²) in [4.78, 5) is 22.0. The normalized spacial score (nSPS) is 11.6. The third-order valence-corrected chi connectivity index (χ3v) is 4.17. The standard InChI is InChI=1S/C20H27ClO5/c1-2-19(22)26-18(21)14-8-6-4-3-5-7-11-15-25-17-13-10-9-12-16(17)20(23)24/h2,9-10,12-13,18H,1,3-8,11,14-15H2,(H,23,24). The first-order valence-electron chi connectivity index (χ1n) is 8.97. The van der Waals surface area contributed by atoms with Crippen molar-refractivity contribution < 1.29 is 24.2 Å². The third-order valence-electron chi connectivity index (χ3n) is 3.86. The molecular formula is C20H27ClO5. The molecule has 0 saturated heterocycles. The van der Waals surface area contributed by atoms with E-state index in [1.807, 2.05) is 0 Å². The second kappa shape index (κ2) is 13.2. The minimum Gasteiger partial charge on any atom is -0.493 e. The number of hydrogen-bond donors (Lipinski definition) is 1. The van der Waals surface area contributed by atoms with Crippen LogP contribution >= 0.6 is 11.6 Å². The van der Waals surface area contributed by atoms with E-state index in [0.29, 0.717) is 18.8 Å². The molecule has 0 aliphatic heterocycles. The number of halogens is 1. The van der Waals surface area contributed by atoms with E-state index in [1.54, 1.807) is 24.3 Å². The Morgan fingerprint density at radius 3 is 2.35 bits per heavy atom. The van der Waals surface area contributed by atoms with Crippen molar-refractivity contribution in [2.45, 2.75) is 56.9 Å². The van der Waals surface area contributed by atoms with Crippen LogP contribution in [0.3, 0.4) is 0 Å². The molecule has 1 aromatic rings. The lowest BCUT2D eigenvalue weighted by molar-refractivity contribution is -0.139. The van der Waals surface area contributed by atoms with E-state index in [0.717, 1.165) is 51.0 Å². The number of ether oxygens (including phenoxy) is 2. The number of rotatable bonds is 14. The minimum atomic E-state index is -0.973. The molecule has 0 fully saturated rings. The van der Waals surface area contributed by atoms with Crippen molar-refractivity contribution in [2.75, 3.05) is 6.61 Å². The quantitative estimate of drug-likeness (QED) is 0.208. The zero-order valence-corrected chi connectivity index (χ0v) is 15.7. The Morgan fingerprint density at radius 1 is 1.08 bits per heavy atom. The van der Waals surface area contributed by atoms with Gasteiger partial charge < -0.3 is 14.6 Å². The highest BCUT2D eigenvalue weighted by Gasteiger charge is 2.10. The number of carbonyl (C=O) groups is 2. The van der Waals surface area contributed by atoms with Crippen LogP contribution in [0.5, 0.6) is 5.75 Å². The molecule has 144 valence electrons. The van der Waals surface area contributed by atoms with E-state index in [1.165, 1.54) is 0 Å². The number of carboxylic acid groups (broad SMARTS) is 1. The topological polar surface area (TPSA) is 72.8 Å². The van der Waals surface area contributed by atoms with Gasteiger partial charge >= 0.3 is 11.9 Å². The van der Waals surface area contributed by atoms with Crippen LogP contribution in [-0.4, -0.2) is 29.2 Å². The molecule has 0 aromatic heterocycles. The van der Waals surface area contributed by atoms with Crippen molar-refractivity contribution in [1.82, 2.24) is 0 Å². The lowest BCUT2D eigenvalue weighted by Gasteiger charge is -2.09. The largest absolute Gasteiger partial charge is 0.493 e. The molecule has 0 saturated carbocycles. The van der Waals surface area contributed by atoms with Crippen molar-refractivity contribution in [3.05, 3.63) is 42.5 Å². The Balaban J connectivity index is 1.99. The van der Waals surface area contributed by atoms with Crippen molar-refractivity contribution in [1.29, 1.82) is 0 Å². The summed E-state index contributed by atoms with van der Waals surface area (Å²) < 4.78 is 10.5. The molecule has 0 heterocycles. The van der Waals surface area contributed by atoms with Gasteiger partial charge in [-0.15, -0.1) is 0 Å². The Morgan fingerprint density at radius 2 is 1.69 bits per heavy atom. The summed E-state index contributed by atoms with van der Waals surface area (Å²) in [5.41, 5.74) is -0.379. The lowest BCUT2D eigenvalue weighted by atomic mass is 10.1. The number of benzene rings is 1. The number of carboxylic acids is 1. The molecule has 1 aromatic carbocycles. The molecule has 1 N–H and O–H groups in total. The van der Waals surface area contributed by atoms with Gasteiger partial charge in [-0.2, -0.15) is 0 Å². The van der Waals surface area contributed by atoms with E-state index >= 15 is 0 Å². The number of unbranched alkanes of at least 4 members (excludes halogenated alkanes) is 6. The number of carbonyl (C=O) groups excluding carboxylic acids is 1. The number of hydrogen-bond acceptors (Lipinski definition) is 4. The zero-order chi connectivity index (χ0) is 19.2. The monoisotopic (exact) mass is 382 g/mol. The molecule has 0 radical (unpaired) electrons. The maximum Gasteiger partial charge on any atom is 0.339 e. The molecule has 0 amide bonds. The van der Waals surface area contributed by atoms with Crippen LogP contribution in [0.15, 0.2) is 36.9 Å². The fourth-order valence-electron chi connectivity index (χ4n) is 2.48. The van der Waals surface area contributed by atoms with E-state index in [4.69, 9.17) is 26.2 Å². The van der Waals surface area contributed by atoms with Gasteiger partial charge in [0, 0.05) is 6.08 Å². The fourth-order valence-corrected chi connectivity index (χ4v) is 2.72. The summed E-state index contributed by atoms with van der Waals surface area (Å²) in [6.07, 6.45) is 9.04. The predicted octanol–water partition coefficient (Wildman–Crippen LogP) is 5.18. The summed E-state index contributed by atoms with van der Waals surface area (Å²) in [6, 6.07) is 6.68. The summed E-state index contributed by atoms with van der Waals surface area (Å²) in [5, 5.41) is 9.08. The van der Waals surface area contributed by atoms with Gasteiger partial charge in [0.05, 0.1) is 6.61 Å². The third kappa shape index (κ3) is 9.47. The average molecular weight is 383 g/mol. The Labute approximate surface area is 159 Å². The van der Waals surface area contributed by atoms with Crippen LogP contribution in [0.25, 0.3) is 0 Å². The first-order chi connectivity index (χ1) is 12.5. The molecular weight excluding hydrogens is 356 g/mol. The van der Waals surface area contributed by atoms with E-state index in [2.05, 4.69) is 6.58 Å². The van der Waals surface area contributed by atoms with Gasteiger partial charge in [0.25, 0.3) is 0 Å². The molecule has 0 aliphatic rings. The van der Waals surface area contributed by atoms with Crippen molar-refractivity contribution in [3.8, 4) is 5.75 Å². The van der Waals surface area contributed by atoms with E-state index in [9.17, 15) is 9.59 Å². The molecule has 0 bridgehead atoms. The van der Waals surface area contributed by atoms with Crippen molar-refractivity contribution in [2.24, 2.45) is 0 Å². The Bertz CT molecular complexity index is 573. The summed E-state index contributed by atoms with van der Waals surface area (Å²) in [7, 11) is 0. The Hall–Kier alpha value is -2.01. The van der Waals surface area contributed by atoms with E-state index < -0.39 is 17.5 Å². The van der Waals surface area contributed by atoms with Gasteiger partial charge in [0.1, 0.15) is 11.3 Å². The van der Waals surface area contributed by atoms with Crippen LogP contribution in [0, 0.1) is 0 Å². The van der Waals surface area contributed by atoms with Gasteiger partial charge in [-0.1, -0.05) is 62.4 Å². The molecule has 0 spiro atoms. The Kier molecular flexibility index (Phi) is 11.2. The minimum absolute atomic E-state index is 0.198. The van der Waals surface area contributed by atoms with Gasteiger partial charge in [-0.25, -0.2) is 9.59 Å². The van der Waals surface area contributed by atoms with Gasteiger partial charge in [-0.05, 0) is 31.4 Å². The highest BCUT2D eigenvalue weighted by Crippen LogP contribution is 2.18. The maximum atomic E-state index is 11.1. The number of aromatic carboxylic acids is 1. The van der Waals surface area contributed by atoms with Crippen LogP contribution < -0.4 is 4.74 Å². The van der Waals surface area contributed by atoms with Crippen LogP contribution in [0.4, 0.5) is 0 Å². The maximum absolute atomic E-state index is 11.1. The number of para-hydroxylation sites is 1. The first kappa shape index (κ1) is 22.0. The molecule has 0 aliphatic carbocycles. The fraction of sp³-hybridized carbons (Fsp3) is 0.500. The molecule has 5 nitrogen and oxygen atoms in total. The van der Waals surface area contributed by atoms with Gasteiger partial charge in [-0.3, -0.25) is 0 Å². The van der Waals surface area contributed by atoms with Gasteiger partial charge in [0.2, 0.25) is 0 Å². The van der Waals surface area contributed by atoms with E-state index in [-0.39, 0.29) is 5.56 Å². The molecule has 1 rings (SSSR count). The summed E-state index contributed by atoms with van der Waals surface area (Å²) >= 11 is 5.89. The number of alkyl halides is 1. The lowest BCUT2D eigenvalue weighted by Crippen LogP contribution is -2.10. The number of esters is 1. The summed E-state index contributed by atoms with van der Waals surface area (Å²) in [6.45, 7) is 3.85. The molecule has 1 unspecified atom stereocenters. The molecule has 6 heteroatoms. The smallest absolute Gasteiger partial charge is 0.339 e. The molecule has 26 heavy (non-hydrogen) atoms. The second-order valence-corrected chi connectivity index (χ2v) is 6.45. The van der Waals surface area contributed by atoms with Crippen molar-refractivity contribution >= 4 is 23.5 Å². The average Bonchev–Trinajstić information content (AvgIpc) is 2.63. The predicted molar refractivity (Wildman–Crippen MR) is 102 cm³/mol. The van der Waals surface area contributed by atoms with Gasteiger partial charge in [0.15, 0.2) is 5.56 Å². The molecule has 1 atom stereocenters. The SMILES string of the molecule is C=CC(=O)OC(Cl)CCCCCCCCCOc1ccccc1C(=O)O. The van der Waals surface area contributed by atoms with Crippen LogP contribution in [-0.2, 0) is 9.53 Å². The highest BCUT2D eigenvalue weighted by molar-refractivity contribution is 6.20. The van der Waals surface area contributed by atoms with Crippen LogP contribution in [0.1, 0.15) is 61.7 Å². The van der Waals surface area contributed by atoms with Crippen LogP contribution in [0.2, 0.25) is 0 Å². The van der Waals surface area contributed by atoms with Crippen molar-refractivity contribution in [3.63, 3.8) is 0 Å². The second-order valence-electron chi connectivity index (χ2n) is 5.96.